The largest absolute Gasteiger partial charge is 1.00 e. The van der Waals surface area contributed by atoms with E-state index in [-0.39, 0.29) is 51.7 Å². The molecule has 1 aromatic heterocycles. The average Bonchev–Trinajstić information content (AvgIpc) is 2.99. The van der Waals surface area contributed by atoms with Crippen molar-refractivity contribution in [3.63, 3.8) is 0 Å². The number of hydrogen-bond acceptors (Lipinski definition) is 8. The standard InChI is InChI=1S/C14H10N2O5S2.Na/c17-13-6-3-1-2-4-7(6)14(18)10-8(13)5-9(23(19,20)21)11-12(10)16-22-15-11;/h1-5,13-14,17-18H,(H,19,20,21);/q;+1/p-1. The summed E-state index contributed by atoms with van der Waals surface area (Å²) in [6.45, 7) is 0. The van der Waals surface area contributed by atoms with Gasteiger partial charge in [0.15, 0.2) is 0 Å². The fraction of sp³-hybridized carbons (Fsp3) is 0.143. The van der Waals surface area contributed by atoms with Crippen LogP contribution in [-0.4, -0.2) is 31.9 Å². The zero-order valence-corrected chi connectivity index (χ0v) is 16.0. The molecule has 0 saturated carbocycles. The van der Waals surface area contributed by atoms with Crippen molar-refractivity contribution in [2.24, 2.45) is 0 Å². The Labute approximate surface area is 163 Å². The molecule has 1 aliphatic rings. The van der Waals surface area contributed by atoms with Crippen LogP contribution in [0.4, 0.5) is 0 Å². The summed E-state index contributed by atoms with van der Waals surface area (Å²) in [7, 11) is -4.79. The van der Waals surface area contributed by atoms with Crippen LogP contribution in [0.1, 0.15) is 34.5 Å². The number of rotatable bonds is 1. The molecule has 2 aromatic carbocycles. The van der Waals surface area contributed by atoms with Crippen molar-refractivity contribution in [3.8, 4) is 0 Å². The predicted octanol–water partition coefficient (Wildman–Crippen LogP) is -1.92. The van der Waals surface area contributed by atoms with Crippen LogP contribution in [0.25, 0.3) is 11.0 Å². The molecule has 0 aliphatic heterocycles. The van der Waals surface area contributed by atoms with Gasteiger partial charge in [-0.2, -0.15) is 8.75 Å². The van der Waals surface area contributed by atoms with Gasteiger partial charge in [-0.1, -0.05) is 24.3 Å². The van der Waals surface area contributed by atoms with Gasteiger partial charge in [-0.05, 0) is 22.8 Å². The Bertz CT molecular complexity index is 1050. The van der Waals surface area contributed by atoms with E-state index in [1.165, 1.54) is 0 Å². The van der Waals surface area contributed by atoms with Crippen molar-refractivity contribution >= 4 is 32.9 Å². The molecule has 2 unspecified atom stereocenters. The molecule has 0 spiro atoms. The molecule has 0 fully saturated rings. The molecule has 0 saturated heterocycles. The molecule has 0 radical (unpaired) electrons. The van der Waals surface area contributed by atoms with Crippen molar-refractivity contribution in [1.29, 1.82) is 0 Å². The molecule has 3 aromatic rings. The van der Waals surface area contributed by atoms with Crippen LogP contribution in [0.5, 0.6) is 0 Å². The number of nitrogens with zero attached hydrogens (tertiary/aromatic N) is 2. The molecule has 1 aliphatic carbocycles. The van der Waals surface area contributed by atoms with E-state index in [0.717, 1.165) is 17.8 Å². The molecule has 24 heavy (non-hydrogen) atoms. The molecular weight excluding hydrogens is 363 g/mol. The summed E-state index contributed by atoms with van der Waals surface area (Å²) in [6, 6.07) is 7.84. The topological polar surface area (TPSA) is 123 Å². The van der Waals surface area contributed by atoms with Crippen LogP contribution in [0.15, 0.2) is 35.2 Å². The molecule has 1 heterocycles. The van der Waals surface area contributed by atoms with Gasteiger partial charge < -0.3 is 14.8 Å². The minimum Gasteiger partial charge on any atom is -0.744 e. The number of aliphatic hydroxyl groups is 2. The van der Waals surface area contributed by atoms with Crippen molar-refractivity contribution in [3.05, 3.63) is 52.6 Å². The molecule has 0 bridgehead atoms. The fourth-order valence-electron chi connectivity index (χ4n) is 2.99. The van der Waals surface area contributed by atoms with Gasteiger partial charge >= 0.3 is 29.6 Å². The number of aliphatic hydroxyl groups excluding tert-OH is 2. The Morgan fingerprint density at radius 3 is 2.21 bits per heavy atom. The third kappa shape index (κ3) is 2.52. The molecule has 2 N–H and O–H groups in total. The number of benzene rings is 2. The summed E-state index contributed by atoms with van der Waals surface area (Å²) >= 11 is 0.744. The van der Waals surface area contributed by atoms with Gasteiger partial charge in [0.25, 0.3) is 0 Å². The maximum atomic E-state index is 11.5. The Morgan fingerprint density at radius 1 is 1.00 bits per heavy atom. The zero-order chi connectivity index (χ0) is 16.4. The summed E-state index contributed by atoms with van der Waals surface area (Å²) < 4.78 is 42.4. The fourth-order valence-corrected chi connectivity index (χ4v) is 4.27. The molecular formula is C14H9N2NaO5S2. The van der Waals surface area contributed by atoms with Crippen LogP contribution in [0.2, 0.25) is 0 Å². The number of hydrogen-bond donors (Lipinski definition) is 2. The second-order valence-electron chi connectivity index (χ2n) is 5.23. The zero-order valence-electron chi connectivity index (χ0n) is 12.4. The van der Waals surface area contributed by atoms with Crippen molar-refractivity contribution in [2.75, 3.05) is 0 Å². The Morgan fingerprint density at radius 2 is 1.58 bits per heavy atom. The van der Waals surface area contributed by atoms with E-state index >= 15 is 0 Å². The van der Waals surface area contributed by atoms with Gasteiger partial charge in [-0.15, -0.1) is 0 Å². The van der Waals surface area contributed by atoms with Crippen molar-refractivity contribution in [2.45, 2.75) is 17.1 Å². The van der Waals surface area contributed by atoms with Crippen molar-refractivity contribution in [1.82, 2.24) is 8.75 Å². The van der Waals surface area contributed by atoms with E-state index in [2.05, 4.69) is 8.75 Å². The van der Waals surface area contributed by atoms with E-state index in [1.54, 1.807) is 24.3 Å². The summed E-state index contributed by atoms with van der Waals surface area (Å²) in [5, 5.41) is 21.2. The smallest absolute Gasteiger partial charge is 0.744 e. The van der Waals surface area contributed by atoms with Crippen LogP contribution in [0, 0.1) is 0 Å². The Kier molecular flexibility index (Phi) is 4.56. The predicted molar refractivity (Wildman–Crippen MR) is 79.9 cm³/mol. The first-order valence-corrected chi connectivity index (χ1v) is 8.73. The van der Waals surface area contributed by atoms with Gasteiger partial charge in [0, 0.05) is 5.56 Å². The van der Waals surface area contributed by atoms with E-state index in [4.69, 9.17) is 0 Å². The van der Waals surface area contributed by atoms with Gasteiger partial charge in [0.05, 0.1) is 16.6 Å². The van der Waals surface area contributed by atoms with Gasteiger partial charge in [0.1, 0.15) is 33.4 Å². The van der Waals surface area contributed by atoms with Gasteiger partial charge in [-0.3, -0.25) is 0 Å². The third-order valence-electron chi connectivity index (χ3n) is 4.00. The van der Waals surface area contributed by atoms with Crippen LogP contribution in [-0.2, 0) is 10.1 Å². The maximum Gasteiger partial charge on any atom is 1.00 e. The molecule has 10 heteroatoms. The molecule has 2 atom stereocenters. The Balaban J connectivity index is 0.00000169. The minimum atomic E-state index is -4.79. The SMILES string of the molecule is O=S(=O)([O-])c1cc2c(c3nsnc13)C(O)c1ccccc1C2O.[Na+]. The summed E-state index contributed by atoms with van der Waals surface area (Å²) in [5.41, 5.74) is 1.47. The quantitative estimate of drug-likeness (QED) is 0.377. The van der Waals surface area contributed by atoms with E-state index in [9.17, 15) is 23.2 Å². The molecule has 118 valence electrons. The summed E-state index contributed by atoms with van der Waals surface area (Å²) in [4.78, 5) is -0.536. The summed E-state index contributed by atoms with van der Waals surface area (Å²) in [6.07, 6.45) is -2.24. The third-order valence-corrected chi connectivity index (χ3v) is 5.38. The Hall–Kier alpha value is -0.910. The minimum absolute atomic E-state index is 0. The molecule has 7 nitrogen and oxygen atoms in total. The first-order chi connectivity index (χ1) is 10.9. The maximum absolute atomic E-state index is 11.5. The normalized spacial score (nSPS) is 19.5. The molecule has 0 amide bonds. The van der Waals surface area contributed by atoms with E-state index in [0.29, 0.717) is 11.1 Å². The first kappa shape index (κ1) is 17.9. The average molecular weight is 372 g/mol. The second kappa shape index (κ2) is 6.11. The van der Waals surface area contributed by atoms with Crippen molar-refractivity contribution < 1.29 is 52.7 Å². The van der Waals surface area contributed by atoms with Gasteiger partial charge in [0.2, 0.25) is 0 Å². The van der Waals surface area contributed by atoms with E-state index in [1.807, 2.05) is 0 Å². The second-order valence-corrected chi connectivity index (χ2v) is 7.10. The number of aromatic nitrogens is 2. The van der Waals surface area contributed by atoms with Gasteiger partial charge in [-0.25, -0.2) is 8.42 Å². The molecule has 4 rings (SSSR count). The monoisotopic (exact) mass is 372 g/mol. The first-order valence-electron chi connectivity index (χ1n) is 6.59. The summed E-state index contributed by atoms with van der Waals surface area (Å²) in [5.74, 6) is 0. The van der Waals surface area contributed by atoms with Crippen LogP contribution >= 0.6 is 11.7 Å². The number of fused-ring (bicyclic) bond motifs is 4. The van der Waals surface area contributed by atoms with E-state index < -0.39 is 27.2 Å². The van der Waals surface area contributed by atoms with Crippen LogP contribution < -0.4 is 29.6 Å². The van der Waals surface area contributed by atoms with Crippen LogP contribution in [0.3, 0.4) is 0 Å².